The Hall–Kier alpha value is -2.33. The average Bonchev–Trinajstić information content (AvgIpc) is 3.75. The van der Waals surface area contributed by atoms with Gasteiger partial charge in [-0.25, -0.2) is 0 Å². The molecule has 4 fully saturated rings. The van der Waals surface area contributed by atoms with Crippen LogP contribution in [0.25, 0.3) is 0 Å². The molecular formula is C28H35F3N4O3. The molecule has 38 heavy (non-hydrogen) atoms. The second-order valence-electron chi connectivity index (χ2n) is 12.7. The number of aliphatic hydroxyl groups is 1. The van der Waals surface area contributed by atoms with Gasteiger partial charge in [-0.05, 0) is 49.5 Å². The van der Waals surface area contributed by atoms with Gasteiger partial charge in [0.05, 0.1) is 30.0 Å². The smallest absolute Gasteiger partial charge is 0.386 e. The van der Waals surface area contributed by atoms with Crippen molar-refractivity contribution >= 4 is 12.1 Å². The Morgan fingerprint density at radius 3 is 2.89 bits per heavy atom. The van der Waals surface area contributed by atoms with Gasteiger partial charge in [-0.3, -0.25) is 9.79 Å². The van der Waals surface area contributed by atoms with E-state index in [0.717, 1.165) is 56.6 Å². The lowest BCUT2D eigenvalue weighted by Gasteiger charge is -2.46. The van der Waals surface area contributed by atoms with E-state index in [1.807, 2.05) is 0 Å². The van der Waals surface area contributed by atoms with Crippen molar-refractivity contribution in [2.45, 2.75) is 62.9 Å². The second kappa shape index (κ2) is 8.10. The van der Waals surface area contributed by atoms with Crippen molar-refractivity contribution in [3.63, 3.8) is 0 Å². The highest BCUT2D eigenvalue weighted by atomic mass is 19.4. The number of allylic oxidation sites excluding steroid dienone is 3. The van der Waals surface area contributed by atoms with E-state index in [9.17, 15) is 23.1 Å². The van der Waals surface area contributed by atoms with Crippen LogP contribution in [0, 0.1) is 29.1 Å². The zero-order chi connectivity index (χ0) is 26.6. The molecule has 7 aliphatic rings. The molecule has 1 amide bonds. The Bertz CT molecular complexity index is 1190. The topological polar surface area (TPSA) is 77.4 Å². The van der Waals surface area contributed by atoms with Gasteiger partial charge >= 0.3 is 6.18 Å². The number of carbonyl (C=O) groups is 1. The maximum atomic E-state index is 13.3. The number of rotatable bonds is 2. The van der Waals surface area contributed by atoms with E-state index in [1.54, 1.807) is 7.05 Å². The van der Waals surface area contributed by atoms with Crippen molar-refractivity contribution in [1.29, 1.82) is 0 Å². The lowest BCUT2D eigenvalue weighted by Crippen LogP contribution is -2.53. The summed E-state index contributed by atoms with van der Waals surface area (Å²) < 4.78 is 45.8. The van der Waals surface area contributed by atoms with E-state index in [2.05, 4.69) is 23.4 Å². The Morgan fingerprint density at radius 1 is 1.29 bits per heavy atom. The summed E-state index contributed by atoms with van der Waals surface area (Å²) in [5.74, 6) is 1.04. The molecule has 0 aromatic carbocycles. The van der Waals surface area contributed by atoms with Crippen LogP contribution in [0.5, 0.6) is 0 Å². The third-order valence-corrected chi connectivity index (χ3v) is 10.5. The number of ether oxygens (including phenoxy) is 1. The first-order valence-electron chi connectivity index (χ1n) is 13.9. The highest BCUT2D eigenvalue weighted by Gasteiger charge is 2.71. The molecule has 8 atom stereocenters. The van der Waals surface area contributed by atoms with Crippen molar-refractivity contribution in [3.8, 4) is 0 Å². The molecule has 2 N–H and O–H groups in total. The van der Waals surface area contributed by atoms with Crippen LogP contribution >= 0.6 is 0 Å². The Morgan fingerprint density at radius 2 is 2.11 bits per heavy atom. The summed E-state index contributed by atoms with van der Waals surface area (Å²) in [6, 6.07) is -0.0889. The number of morpholine rings is 1. The minimum atomic E-state index is -4.49. The van der Waals surface area contributed by atoms with Crippen molar-refractivity contribution in [1.82, 2.24) is 15.1 Å². The molecule has 10 heteroatoms. The fourth-order valence-electron chi connectivity index (χ4n) is 8.56. The number of fused-ring (bicyclic) bond motifs is 4. The summed E-state index contributed by atoms with van der Waals surface area (Å²) in [7, 11) is 1.55. The Kier molecular flexibility index (Phi) is 5.26. The fraction of sp³-hybridized carbons (Fsp3) is 0.714. The van der Waals surface area contributed by atoms with Gasteiger partial charge in [-0.1, -0.05) is 6.92 Å². The normalized spacial score (nSPS) is 43.3. The summed E-state index contributed by atoms with van der Waals surface area (Å²) in [4.78, 5) is 21.9. The predicted octanol–water partition coefficient (Wildman–Crippen LogP) is 2.99. The summed E-state index contributed by atoms with van der Waals surface area (Å²) >= 11 is 0. The molecule has 3 aliphatic carbocycles. The molecule has 1 saturated heterocycles. The van der Waals surface area contributed by atoms with Gasteiger partial charge in [0.15, 0.2) is 0 Å². The van der Waals surface area contributed by atoms with Crippen molar-refractivity contribution < 1.29 is 27.8 Å². The summed E-state index contributed by atoms with van der Waals surface area (Å²) in [6.45, 7) is 4.60. The molecule has 2 spiro atoms. The van der Waals surface area contributed by atoms with Gasteiger partial charge in [0.25, 0.3) is 0 Å². The van der Waals surface area contributed by atoms with E-state index >= 15 is 0 Å². The molecule has 0 aromatic heterocycles. The standard InChI is InChI=1S/C28H35F3N4O3/c1-15-3-4-18(33-25(37)16-7-17(28(29,30)31)12-34(2)11-16)8-19-22(15)26(19)10-21-23(32-13-26)24(36)20-9-27(20)14-38-6-5-35(21)27/h7,12-13,15,18-20,22,24,36H,3-6,8-11,14H2,1-2H3,(H,33,37)/t15?,18?,19-,20?,22?,24?,26+,27?/m1/s1. The van der Waals surface area contributed by atoms with E-state index in [4.69, 9.17) is 9.73 Å². The zero-order valence-corrected chi connectivity index (χ0v) is 21.8. The number of nitrogens with one attached hydrogen (secondary N) is 1. The summed E-state index contributed by atoms with van der Waals surface area (Å²) in [5.41, 5.74) is 1.19. The first kappa shape index (κ1) is 24.7. The van der Waals surface area contributed by atoms with Gasteiger partial charge in [0.1, 0.15) is 6.10 Å². The van der Waals surface area contributed by atoms with Crippen LogP contribution < -0.4 is 5.32 Å². The fourth-order valence-corrected chi connectivity index (χ4v) is 8.56. The van der Waals surface area contributed by atoms with Gasteiger partial charge < -0.3 is 25.0 Å². The molecule has 6 unspecified atom stereocenters. The monoisotopic (exact) mass is 532 g/mol. The molecule has 206 valence electrons. The number of carbonyl (C=O) groups excluding carboxylic acids is 1. The maximum absolute atomic E-state index is 13.3. The van der Waals surface area contributed by atoms with Crippen molar-refractivity contribution in [2.24, 2.45) is 34.1 Å². The van der Waals surface area contributed by atoms with Crippen LogP contribution in [-0.2, 0) is 9.53 Å². The van der Waals surface area contributed by atoms with Crippen LogP contribution in [0.15, 0.2) is 39.8 Å². The largest absolute Gasteiger partial charge is 0.417 e. The number of hydrogen-bond acceptors (Lipinski definition) is 6. The number of alkyl halides is 3. The molecule has 4 aliphatic heterocycles. The maximum Gasteiger partial charge on any atom is 0.417 e. The summed E-state index contributed by atoms with van der Waals surface area (Å²) in [6.07, 6.45) is 3.44. The molecule has 0 bridgehead atoms. The van der Waals surface area contributed by atoms with Crippen LogP contribution in [-0.4, -0.2) is 84.2 Å². The first-order chi connectivity index (χ1) is 18.0. The third-order valence-electron chi connectivity index (χ3n) is 10.5. The number of likely N-dealkylation sites (N-methyl/N-ethyl adjacent to an activating group) is 1. The Balaban J connectivity index is 1.09. The molecule has 0 aromatic rings. The SMILES string of the molecule is CC1CCC(NC(=O)C2=CC(C(F)(F)F)=CN(C)C2)C[C@@H]2C1[C@@]21C=NC2=C(C1)N1CCOCC13CC3C2O. The minimum Gasteiger partial charge on any atom is -0.386 e. The molecule has 7 nitrogen and oxygen atoms in total. The number of aliphatic hydroxyl groups excluding tert-OH is 1. The molecule has 0 radical (unpaired) electrons. The van der Waals surface area contributed by atoms with Crippen LogP contribution in [0.3, 0.4) is 0 Å². The van der Waals surface area contributed by atoms with Gasteiger partial charge in [0.2, 0.25) is 5.91 Å². The van der Waals surface area contributed by atoms with E-state index in [1.165, 1.54) is 10.6 Å². The number of hydrogen-bond donors (Lipinski definition) is 2. The summed E-state index contributed by atoms with van der Waals surface area (Å²) in [5, 5.41) is 14.2. The van der Waals surface area contributed by atoms with E-state index in [0.29, 0.717) is 31.0 Å². The number of halogens is 3. The first-order valence-corrected chi connectivity index (χ1v) is 13.9. The highest BCUT2D eigenvalue weighted by Crippen LogP contribution is 2.71. The van der Waals surface area contributed by atoms with E-state index in [-0.39, 0.29) is 35.0 Å². The van der Waals surface area contributed by atoms with Crippen molar-refractivity contribution in [3.05, 3.63) is 34.8 Å². The minimum absolute atomic E-state index is 0.0752. The lowest BCUT2D eigenvalue weighted by molar-refractivity contribution is -0.118. The van der Waals surface area contributed by atoms with Gasteiger partial charge in [-0.2, -0.15) is 13.2 Å². The quantitative estimate of drug-likeness (QED) is 0.572. The molecule has 4 heterocycles. The highest BCUT2D eigenvalue weighted by molar-refractivity contribution is 5.95. The van der Waals surface area contributed by atoms with Crippen LogP contribution in [0.4, 0.5) is 13.2 Å². The second-order valence-corrected chi connectivity index (χ2v) is 12.7. The lowest BCUT2D eigenvalue weighted by atomic mass is 9.83. The van der Waals surface area contributed by atoms with Crippen molar-refractivity contribution in [2.75, 3.05) is 33.4 Å². The van der Waals surface area contributed by atoms with Gasteiger partial charge in [0, 0.05) is 67.6 Å². The predicted molar refractivity (Wildman–Crippen MR) is 134 cm³/mol. The number of amides is 1. The Labute approximate surface area is 220 Å². The average molecular weight is 533 g/mol. The number of nitrogens with zero attached hydrogens (tertiary/aromatic N) is 3. The third kappa shape index (κ3) is 3.55. The molecule has 7 rings (SSSR count). The molecular weight excluding hydrogens is 497 g/mol. The van der Waals surface area contributed by atoms with Crippen LogP contribution in [0.2, 0.25) is 0 Å². The zero-order valence-electron chi connectivity index (χ0n) is 21.8. The van der Waals surface area contributed by atoms with Gasteiger partial charge in [-0.15, -0.1) is 0 Å². The van der Waals surface area contributed by atoms with Crippen LogP contribution in [0.1, 0.15) is 39.0 Å². The van der Waals surface area contributed by atoms with E-state index < -0.39 is 23.8 Å². The molecule has 3 saturated carbocycles. The number of aliphatic imine (C=N–C) groups is 1.